The molecule has 4 aromatic rings. The number of sulfonamides is 1. The molecule has 12 heteroatoms. The van der Waals surface area contributed by atoms with Gasteiger partial charge < -0.3 is 10.3 Å². The molecule has 0 spiro atoms. The van der Waals surface area contributed by atoms with Crippen molar-refractivity contribution in [3.05, 3.63) is 76.7 Å². The Bertz CT molecular complexity index is 1550. The third kappa shape index (κ3) is 4.19. The number of hydrogen-bond acceptors (Lipinski definition) is 6. The molecule has 0 bridgehead atoms. The minimum atomic E-state index is -4.33. The third-order valence-corrected chi connectivity index (χ3v) is 6.77. The molecule has 0 fully saturated rings. The van der Waals surface area contributed by atoms with E-state index in [9.17, 15) is 22.0 Å². The molecule has 0 aliphatic heterocycles. The maximum absolute atomic E-state index is 14.5. The fourth-order valence-corrected chi connectivity index (χ4v) is 4.75. The van der Waals surface area contributed by atoms with Crippen LogP contribution in [0.5, 0.6) is 0 Å². The van der Waals surface area contributed by atoms with Crippen molar-refractivity contribution in [3.63, 3.8) is 0 Å². The second kappa shape index (κ2) is 8.65. The van der Waals surface area contributed by atoms with Gasteiger partial charge in [0.2, 0.25) is 0 Å². The van der Waals surface area contributed by atoms with Gasteiger partial charge in [-0.15, -0.1) is 0 Å². The van der Waals surface area contributed by atoms with E-state index >= 15 is 0 Å². The summed E-state index contributed by atoms with van der Waals surface area (Å²) < 4.78 is 57.1. The van der Waals surface area contributed by atoms with E-state index < -0.39 is 38.2 Å². The topological polar surface area (TPSA) is 120 Å². The van der Waals surface area contributed by atoms with Gasteiger partial charge in [-0.3, -0.25) is 9.52 Å². The third-order valence-electron chi connectivity index (χ3n) is 5.11. The minimum Gasteiger partial charge on any atom is -0.383 e. The van der Waals surface area contributed by atoms with E-state index in [-0.39, 0.29) is 27.9 Å². The van der Waals surface area contributed by atoms with Crippen LogP contribution in [0.15, 0.2) is 53.8 Å². The summed E-state index contributed by atoms with van der Waals surface area (Å²) in [6.45, 7) is 3.80. The summed E-state index contributed by atoms with van der Waals surface area (Å²) in [5, 5.41) is -0.0674. The quantitative estimate of drug-likeness (QED) is 0.371. The molecule has 0 unspecified atom stereocenters. The fourth-order valence-electron chi connectivity index (χ4n) is 3.42. The molecular weight excluding hydrogens is 488 g/mol. The van der Waals surface area contributed by atoms with Crippen molar-refractivity contribution >= 4 is 49.9 Å². The summed E-state index contributed by atoms with van der Waals surface area (Å²) in [6, 6.07) is 5.97. The molecule has 0 amide bonds. The maximum Gasteiger partial charge on any atom is 0.262 e. The Morgan fingerprint density at radius 1 is 1.12 bits per heavy atom. The number of aromatic nitrogens is 3. The number of carbonyl (C=O) groups excluding carboxylic acids is 1. The Morgan fingerprint density at radius 3 is 2.50 bits per heavy atom. The Kier molecular flexibility index (Phi) is 6.00. The van der Waals surface area contributed by atoms with E-state index in [2.05, 4.69) is 14.7 Å². The van der Waals surface area contributed by atoms with Crippen LogP contribution in [0, 0.1) is 11.6 Å². The van der Waals surface area contributed by atoms with Gasteiger partial charge in [-0.2, -0.15) is 0 Å². The molecule has 0 saturated heterocycles. The van der Waals surface area contributed by atoms with E-state index in [1.54, 1.807) is 10.8 Å². The smallest absolute Gasteiger partial charge is 0.262 e. The van der Waals surface area contributed by atoms with E-state index in [1.807, 2.05) is 13.8 Å². The first-order valence-corrected chi connectivity index (χ1v) is 11.8. The fraction of sp³-hybridized carbons (Fsp3) is 0.136. The molecule has 34 heavy (non-hydrogen) atoms. The average Bonchev–Trinajstić information content (AvgIpc) is 3.18. The maximum atomic E-state index is 14.5. The summed E-state index contributed by atoms with van der Waals surface area (Å²) in [4.78, 5) is 21.1. The van der Waals surface area contributed by atoms with E-state index in [4.69, 9.17) is 17.3 Å². The molecule has 2 aromatic carbocycles. The number of hydrogen-bond donors (Lipinski definition) is 2. The second-order valence-electron chi connectivity index (χ2n) is 7.71. The lowest BCUT2D eigenvalue weighted by Crippen LogP contribution is -2.15. The highest BCUT2D eigenvalue weighted by Crippen LogP contribution is 2.30. The number of nitrogens with two attached hydrogens (primary N) is 1. The number of nitrogens with zero attached hydrogens (tertiary/aromatic N) is 3. The molecule has 4 rings (SSSR count). The highest BCUT2D eigenvalue weighted by atomic mass is 35.5. The number of benzene rings is 2. The lowest BCUT2D eigenvalue weighted by Gasteiger charge is -2.11. The zero-order valence-corrected chi connectivity index (χ0v) is 19.5. The monoisotopic (exact) mass is 505 g/mol. The number of halogens is 3. The standard InChI is InChI=1S/C22H18ClF2N5O3S/c1-11(2)30-9-14(19-21(26)27-10-28-22(19)30)20(31)12-3-5-17(25)18(7-12)29-34(32,33)13-4-6-16(24)15(23)8-13/h3-11,29H,1-2H3,(H2,26,27,28). The molecule has 0 aliphatic carbocycles. The predicted molar refractivity (Wildman–Crippen MR) is 124 cm³/mol. The van der Waals surface area contributed by atoms with Crippen molar-refractivity contribution < 1.29 is 22.0 Å². The summed E-state index contributed by atoms with van der Waals surface area (Å²) in [5.41, 5.74) is 6.19. The summed E-state index contributed by atoms with van der Waals surface area (Å²) in [5.74, 6) is -2.15. The molecule has 8 nitrogen and oxygen atoms in total. The second-order valence-corrected chi connectivity index (χ2v) is 9.80. The van der Waals surface area contributed by atoms with E-state index in [0.29, 0.717) is 11.0 Å². The van der Waals surface area contributed by atoms with Crippen LogP contribution in [0.2, 0.25) is 5.02 Å². The Hall–Kier alpha value is -3.57. The van der Waals surface area contributed by atoms with Crippen LogP contribution in [0.25, 0.3) is 11.0 Å². The molecule has 0 aliphatic rings. The molecule has 0 saturated carbocycles. The Morgan fingerprint density at radius 2 is 1.82 bits per heavy atom. The van der Waals surface area contributed by atoms with Gasteiger partial charge in [0.25, 0.3) is 10.0 Å². The lowest BCUT2D eigenvalue weighted by molar-refractivity contribution is 0.104. The van der Waals surface area contributed by atoms with Gasteiger partial charge in [0.1, 0.15) is 29.4 Å². The highest BCUT2D eigenvalue weighted by Gasteiger charge is 2.23. The molecule has 176 valence electrons. The van der Waals surface area contributed by atoms with Crippen LogP contribution in [0.1, 0.15) is 35.8 Å². The van der Waals surface area contributed by atoms with Crippen LogP contribution < -0.4 is 10.5 Å². The van der Waals surface area contributed by atoms with Crippen LogP contribution >= 0.6 is 11.6 Å². The van der Waals surface area contributed by atoms with Crippen LogP contribution in [0.4, 0.5) is 20.3 Å². The van der Waals surface area contributed by atoms with Gasteiger partial charge in [-0.05, 0) is 50.2 Å². The van der Waals surface area contributed by atoms with E-state index in [0.717, 1.165) is 30.3 Å². The van der Waals surface area contributed by atoms with Gasteiger partial charge in [-0.1, -0.05) is 11.6 Å². The summed E-state index contributed by atoms with van der Waals surface area (Å²) in [6.07, 6.45) is 2.87. The number of anilines is 2. The van der Waals surface area contributed by atoms with Gasteiger partial charge in [0.15, 0.2) is 5.78 Å². The normalized spacial score (nSPS) is 11.8. The number of ketones is 1. The van der Waals surface area contributed by atoms with Gasteiger partial charge >= 0.3 is 0 Å². The largest absolute Gasteiger partial charge is 0.383 e. The molecule has 3 N–H and O–H groups in total. The minimum absolute atomic E-state index is 0.00213. The Balaban J connectivity index is 1.76. The summed E-state index contributed by atoms with van der Waals surface area (Å²) in [7, 11) is -4.33. The zero-order chi connectivity index (χ0) is 24.8. The van der Waals surface area contributed by atoms with Crippen LogP contribution in [-0.2, 0) is 10.0 Å². The van der Waals surface area contributed by atoms with Crippen molar-refractivity contribution in [1.29, 1.82) is 0 Å². The van der Waals surface area contributed by atoms with Crippen molar-refractivity contribution in [2.45, 2.75) is 24.8 Å². The van der Waals surface area contributed by atoms with Crippen molar-refractivity contribution in [2.24, 2.45) is 0 Å². The highest BCUT2D eigenvalue weighted by molar-refractivity contribution is 7.92. The number of nitrogen functional groups attached to an aromatic ring is 1. The first kappa shape index (κ1) is 23.6. The zero-order valence-electron chi connectivity index (χ0n) is 17.9. The number of rotatable bonds is 6. The number of carbonyl (C=O) groups is 1. The van der Waals surface area contributed by atoms with E-state index in [1.165, 1.54) is 12.4 Å². The van der Waals surface area contributed by atoms with Crippen LogP contribution in [-0.4, -0.2) is 28.7 Å². The first-order valence-electron chi connectivity index (χ1n) is 9.92. The van der Waals surface area contributed by atoms with Gasteiger partial charge in [0.05, 0.1) is 26.6 Å². The average molecular weight is 506 g/mol. The molecular formula is C22H18ClF2N5O3S. The first-order chi connectivity index (χ1) is 16.0. The lowest BCUT2D eigenvalue weighted by atomic mass is 10.0. The molecule has 0 radical (unpaired) electrons. The number of nitrogens with one attached hydrogen (secondary N) is 1. The Labute approximate surface area is 198 Å². The summed E-state index contributed by atoms with van der Waals surface area (Å²) >= 11 is 5.67. The van der Waals surface area contributed by atoms with Gasteiger partial charge in [0, 0.05) is 17.8 Å². The van der Waals surface area contributed by atoms with Crippen molar-refractivity contribution in [1.82, 2.24) is 14.5 Å². The van der Waals surface area contributed by atoms with Crippen molar-refractivity contribution in [3.8, 4) is 0 Å². The predicted octanol–water partition coefficient (Wildman–Crippen LogP) is 4.56. The molecule has 2 aromatic heterocycles. The molecule has 0 atom stereocenters. The SMILES string of the molecule is CC(C)n1cc(C(=O)c2ccc(F)c(NS(=O)(=O)c3ccc(F)c(Cl)c3)c2)c2c(N)ncnc21. The molecule has 2 heterocycles. The number of fused-ring (bicyclic) bond motifs is 1. The van der Waals surface area contributed by atoms with Crippen LogP contribution in [0.3, 0.4) is 0 Å². The van der Waals surface area contributed by atoms with Gasteiger partial charge in [-0.25, -0.2) is 27.2 Å². The van der Waals surface area contributed by atoms with Crippen molar-refractivity contribution in [2.75, 3.05) is 10.5 Å².